The van der Waals surface area contributed by atoms with Crippen molar-refractivity contribution in [3.05, 3.63) is 36.5 Å². The van der Waals surface area contributed by atoms with E-state index in [0.29, 0.717) is 0 Å². The van der Waals surface area contributed by atoms with Gasteiger partial charge in [-0.15, -0.1) is 0 Å². The zero-order valence-corrected chi connectivity index (χ0v) is 10.5. The molecule has 102 valence electrons. The summed E-state index contributed by atoms with van der Waals surface area (Å²) >= 11 is 0. The van der Waals surface area contributed by atoms with Crippen molar-refractivity contribution in [2.24, 2.45) is 0 Å². The number of hydrogen-bond donors (Lipinski definition) is 3. The second-order valence-corrected chi connectivity index (χ2v) is 4.99. The summed E-state index contributed by atoms with van der Waals surface area (Å²) in [5.74, 6) is 0. The van der Waals surface area contributed by atoms with Crippen molar-refractivity contribution in [1.29, 1.82) is 0 Å². The van der Waals surface area contributed by atoms with Crippen molar-refractivity contribution >= 4 is 10.9 Å². The van der Waals surface area contributed by atoms with E-state index in [0.717, 1.165) is 10.9 Å². The van der Waals surface area contributed by atoms with Crippen LogP contribution in [-0.4, -0.2) is 44.3 Å². The number of aliphatic hydroxyl groups is 3. The van der Waals surface area contributed by atoms with E-state index in [4.69, 9.17) is 4.74 Å². The van der Waals surface area contributed by atoms with Gasteiger partial charge in [0.1, 0.15) is 18.3 Å². The van der Waals surface area contributed by atoms with Gasteiger partial charge < -0.3 is 24.6 Å². The van der Waals surface area contributed by atoms with Crippen LogP contribution in [0.25, 0.3) is 10.9 Å². The third kappa shape index (κ3) is 1.95. The van der Waals surface area contributed by atoms with Crippen LogP contribution in [0.3, 0.4) is 0 Å². The molecule has 3 N–H and O–H groups in total. The van der Waals surface area contributed by atoms with Gasteiger partial charge in [0, 0.05) is 6.20 Å². The lowest BCUT2D eigenvalue weighted by atomic mass is 9.99. The van der Waals surface area contributed by atoms with Gasteiger partial charge in [-0.1, -0.05) is 18.2 Å². The summed E-state index contributed by atoms with van der Waals surface area (Å²) in [4.78, 5) is 0. The highest BCUT2D eigenvalue weighted by Gasteiger charge is 2.42. The molecule has 0 spiro atoms. The lowest BCUT2D eigenvalue weighted by Crippen LogP contribution is -2.54. The molecule has 0 radical (unpaired) electrons. The first-order chi connectivity index (χ1) is 9.09. The molecule has 5 atom stereocenters. The molecule has 3 rings (SSSR count). The fourth-order valence-corrected chi connectivity index (χ4v) is 2.59. The average molecular weight is 263 g/mol. The number of hydrogen-bond acceptors (Lipinski definition) is 4. The van der Waals surface area contributed by atoms with Crippen LogP contribution in [0.4, 0.5) is 0 Å². The molecule has 2 aromatic rings. The summed E-state index contributed by atoms with van der Waals surface area (Å²) in [5.41, 5.74) is 0.919. The Morgan fingerprint density at radius 1 is 1.00 bits per heavy atom. The summed E-state index contributed by atoms with van der Waals surface area (Å²) in [5, 5.41) is 30.7. The van der Waals surface area contributed by atoms with Crippen molar-refractivity contribution in [2.75, 3.05) is 0 Å². The summed E-state index contributed by atoms with van der Waals surface area (Å²) < 4.78 is 7.42. The standard InChI is InChI=1S/C14H17NO4/c1-8-11(16)12(17)13(18)14(19-8)15-7-6-9-4-2-3-5-10(9)15/h2-8,11-14,16-18H,1H3/t8-,11+,12+,13-,14-/m0/s1. The number of benzene rings is 1. The summed E-state index contributed by atoms with van der Waals surface area (Å²) in [6.07, 6.45) is -2.88. The van der Waals surface area contributed by atoms with Gasteiger partial charge in [0.05, 0.1) is 11.6 Å². The van der Waals surface area contributed by atoms with E-state index >= 15 is 0 Å². The number of ether oxygens (including phenoxy) is 1. The van der Waals surface area contributed by atoms with E-state index in [1.165, 1.54) is 0 Å². The molecule has 0 bridgehead atoms. The van der Waals surface area contributed by atoms with E-state index in [9.17, 15) is 15.3 Å². The summed E-state index contributed by atoms with van der Waals surface area (Å²) in [7, 11) is 0. The van der Waals surface area contributed by atoms with Gasteiger partial charge in [-0.25, -0.2) is 0 Å². The number of rotatable bonds is 1. The van der Waals surface area contributed by atoms with Crippen molar-refractivity contribution in [2.45, 2.75) is 37.6 Å². The Hall–Kier alpha value is -1.40. The quantitative estimate of drug-likeness (QED) is 0.706. The minimum Gasteiger partial charge on any atom is -0.388 e. The maximum absolute atomic E-state index is 10.1. The highest BCUT2D eigenvalue weighted by atomic mass is 16.5. The smallest absolute Gasteiger partial charge is 0.163 e. The van der Waals surface area contributed by atoms with E-state index in [1.807, 2.05) is 36.5 Å². The van der Waals surface area contributed by atoms with Gasteiger partial charge >= 0.3 is 0 Å². The second-order valence-electron chi connectivity index (χ2n) is 4.99. The first-order valence-electron chi connectivity index (χ1n) is 6.35. The van der Waals surface area contributed by atoms with Crippen molar-refractivity contribution in [1.82, 2.24) is 4.57 Å². The van der Waals surface area contributed by atoms with Crippen molar-refractivity contribution in [3.63, 3.8) is 0 Å². The SMILES string of the molecule is C[C@@H]1O[C@H](n2ccc3ccccc32)[C@@H](O)[C@H](O)[C@@H]1O. The molecule has 0 saturated carbocycles. The fraction of sp³-hybridized carbons (Fsp3) is 0.429. The number of para-hydroxylation sites is 1. The van der Waals surface area contributed by atoms with Crippen LogP contribution in [0.5, 0.6) is 0 Å². The zero-order chi connectivity index (χ0) is 13.6. The number of aromatic nitrogens is 1. The zero-order valence-electron chi connectivity index (χ0n) is 10.5. The maximum Gasteiger partial charge on any atom is 0.163 e. The number of fused-ring (bicyclic) bond motifs is 1. The molecule has 0 unspecified atom stereocenters. The molecule has 5 heteroatoms. The Kier molecular flexibility index (Phi) is 3.06. The molecule has 1 aromatic heterocycles. The molecule has 19 heavy (non-hydrogen) atoms. The predicted octanol–water partition coefficient (Wildman–Crippen LogP) is 0.641. The lowest BCUT2D eigenvalue weighted by molar-refractivity contribution is -0.239. The van der Waals surface area contributed by atoms with E-state index in [1.54, 1.807) is 11.5 Å². The van der Waals surface area contributed by atoms with Gasteiger partial charge in [0.2, 0.25) is 0 Å². The van der Waals surface area contributed by atoms with Crippen LogP contribution >= 0.6 is 0 Å². The molecule has 5 nitrogen and oxygen atoms in total. The van der Waals surface area contributed by atoms with Crippen LogP contribution in [0.15, 0.2) is 36.5 Å². The van der Waals surface area contributed by atoms with Crippen LogP contribution in [0.1, 0.15) is 13.2 Å². The normalized spacial score (nSPS) is 35.7. The summed E-state index contributed by atoms with van der Waals surface area (Å²) in [6, 6.07) is 9.66. The average Bonchev–Trinajstić information content (AvgIpc) is 2.84. The number of nitrogens with zero attached hydrogens (tertiary/aromatic N) is 1. The van der Waals surface area contributed by atoms with E-state index in [2.05, 4.69) is 0 Å². The second kappa shape index (κ2) is 4.61. The van der Waals surface area contributed by atoms with Gasteiger partial charge in [0.25, 0.3) is 0 Å². The van der Waals surface area contributed by atoms with Crippen molar-refractivity contribution in [3.8, 4) is 0 Å². The first-order valence-corrected chi connectivity index (χ1v) is 6.35. The molecular formula is C14H17NO4. The van der Waals surface area contributed by atoms with Crippen LogP contribution in [0.2, 0.25) is 0 Å². The fourth-order valence-electron chi connectivity index (χ4n) is 2.59. The molecule has 1 aromatic carbocycles. The van der Waals surface area contributed by atoms with E-state index in [-0.39, 0.29) is 0 Å². The minimum absolute atomic E-state index is 0.537. The Morgan fingerprint density at radius 2 is 1.74 bits per heavy atom. The van der Waals surface area contributed by atoms with Crippen molar-refractivity contribution < 1.29 is 20.1 Å². The molecule has 2 heterocycles. The topological polar surface area (TPSA) is 74.9 Å². The molecule has 1 fully saturated rings. The van der Waals surface area contributed by atoms with Crippen LogP contribution in [-0.2, 0) is 4.74 Å². The highest BCUT2D eigenvalue weighted by molar-refractivity contribution is 5.80. The Balaban J connectivity index is 2.01. The number of aliphatic hydroxyl groups excluding tert-OH is 3. The molecular weight excluding hydrogens is 246 g/mol. The van der Waals surface area contributed by atoms with Gasteiger partial charge in [-0.2, -0.15) is 0 Å². The van der Waals surface area contributed by atoms with Gasteiger partial charge in [-0.05, 0) is 24.4 Å². The Morgan fingerprint density at radius 3 is 2.53 bits per heavy atom. The maximum atomic E-state index is 10.1. The van der Waals surface area contributed by atoms with Gasteiger partial charge in [-0.3, -0.25) is 0 Å². The Bertz CT molecular complexity index is 582. The minimum atomic E-state index is -1.21. The highest BCUT2D eigenvalue weighted by Crippen LogP contribution is 2.31. The third-order valence-electron chi connectivity index (χ3n) is 3.73. The van der Waals surface area contributed by atoms with Crippen LogP contribution < -0.4 is 0 Å². The first kappa shape index (κ1) is 12.6. The predicted molar refractivity (Wildman–Crippen MR) is 69.5 cm³/mol. The monoisotopic (exact) mass is 263 g/mol. The van der Waals surface area contributed by atoms with Gasteiger partial charge in [0.15, 0.2) is 6.23 Å². The molecule has 1 saturated heterocycles. The molecule has 0 aliphatic carbocycles. The van der Waals surface area contributed by atoms with Crippen LogP contribution in [0, 0.1) is 0 Å². The molecule has 1 aliphatic heterocycles. The molecule has 0 amide bonds. The Labute approximate surface area is 110 Å². The third-order valence-corrected chi connectivity index (χ3v) is 3.73. The molecule has 1 aliphatic rings. The largest absolute Gasteiger partial charge is 0.388 e. The van der Waals surface area contributed by atoms with E-state index < -0.39 is 30.6 Å². The summed E-state index contributed by atoms with van der Waals surface area (Å²) in [6.45, 7) is 1.68. The lowest BCUT2D eigenvalue weighted by Gasteiger charge is -2.40.